The van der Waals surface area contributed by atoms with Crippen molar-refractivity contribution in [1.82, 2.24) is 0 Å². The summed E-state index contributed by atoms with van der Waals surface area (Å²) in [4.78, 5) is 11.3. The third-order valence-electron chi connectivity index (χ3n) is 3.02. The molecule has 86 valence electrons. The molecule has 0 aromatic carbocycles. The Morgan fingerprint density at radius 3 is 2.73 bits per heavy atom. The van der Waals surface area contributed by atoms with Crippen molar-refractivity contribution in [2.75, 3.05) is 0 Å². The minimum atomic E-state index is -0.703. The largest absolute Gasteiger partial charge is 0.462 e. The molecule has 15 heavy (non-hydrogen) atoms. The van der Waals surface area contributed by atoms with E-state index in [2.05, 4.69) is 6.58 Å². The Labute approximate surface area is 89.6 Å². The van der Waals surface area contributed by atoms with Gasteiger partial charge in [0.1, 0.15) is 6.10 Å². The molecule has 1 fully saturated rings. The first kappa shape index (κ1) is 12.2. The van der Waals surface area contributed by atoms with E-state index in [1.165, 1.54) is 6.08 Å². The van der Waals surface area contributed by atoms with E-state index in [-0.39, 0.29) is 5.92 Å². The molecule has 1 aliphatic heterocycles. The molecular formula is C11H18O4. The van der Waals surface area contributed by atoms with Gasteiger partial charge in [-0.15, -0.1) is 6.58 Å². The highest BCUT2D eigenvalue weighted by molar-refractivity contribution is 5.73. The molecule has 0 aromatic rings. The average Bonchev–Trinajstić information content (AvgIpc) is 2.22. The zero-order valence-corrected chi connectivity index (χ0v) is 9.09. The van der Waals surface area contributed by atoms with Gasteiger partial charge in [0.05, 0.1) is 18.1 Å². The molecule has 2 N–H and O–H groups in total. The molecule has 0 unspecified atom stereocenters. The number of aliphatic hydroxyl groups excluding tert-OH is 2. The summed E-state index contributed by atoms with van der Waals surface area (Å²) in [5.41, 5.74) is 0. The van der Waals surface area contributed by atoms with Crippen LogP contribution in [0.5, 0.6) is 0 Å². The fourth-order valence-electron chi connectivity index (χ4n) is 1.78. The highest BCUT2D eigenvalue weighted by Crippen LogP contribution is 2.28. The minimum Gasteiger partial charge on any atom is -0.462 e. The van der Waals surface area contributed by atoms with Crippen molar-refractivity contribution in [3.05, 3.63) is 12.7 Å². The highest BCUT2D eigenvalue weighted by Gasteiger charge is 2.40. The van der Waals surface area contributed by atoms with E-state index in [1.54, 1.807) is 6.92 Å². The lowest BCUT2D eigenvalue weighted by atomic mass is 9.84. The maximum Gasteiger partial charge on any atom is 0.311 e. The molecule has 0 amide bonds. The molecule has 5 atom stereocenters. The van der Waals surface area contributed by atoms with Gasteiger partial charge in [-0.1, -0.05) is 13.0 Å². The summed E-state index contributed by atoms with van der Waals surface area (Å²) in [6.07, 6.45) is -0.152. The first-order valence-electron chi connectivity index (χ1n) is 5.16. The van der Waals surface area contributed by atoms with Crippen molar-refractivity contribution in [3.63, 3.8) is 0 Å². The second-order valence-corrected chi connectivity index (χ2v) is 4.15. The van der Waals surface area contributed by atoms with Crippen LogP contribution in [0.3, 0.4) is 0 Å². The predicted molar refractivity (Wildman–Crippen MR) is 55.0 cm³/mol. The lowest BCUT2D eigenvalue weighted by Crippen LogP contribution is -2.47. The SMILES string of the molecule is C=C[C@@H](O)C[C@@H]1OC(=O)[C@H](C)[C@@H](O)[C@H]1C. The van der Waals surface area contributed by atoms with Crippen LogP contribution in [0.4, 0.5) is 0 Å². The summed E-state index contributed by atoms with van der Waals surface area (Å²) in [5.74, 6) is -1.05. The molecule has 1 aliphatic rings. The summed E-state index contributed by atoms with van der Waals surface area (Å²) < 4.78 is 5.15. The van der Waals surface area contributed by atoms with Crippen LogP contribution in [-0.2, 0) is 9.53 Å². The van der Waals surface area contributed by atoms with Gasteiger partial charge in [0, 0.05) is 12.3 Å². The molecule has 1 heterocycles. The van der Waals surface area contributed by atoms with Crippen LogP contribution >= 0.6 is 0 Å². The van der Waals surface area contributed by atoms with E-state index >= 15 is 0 Å². The van der Waals surface area contributed by atoms with Gasteiger partial charge in [-0.3, -0.25) is 4.79 Å². The van der Waals surface area contributed by atoms with E-state index in [4.69, 9.17) is 4.74 Å². The van der Waals surface area contributed by atoms with Crippen molar-refractivity contribution < 1.29 is 19.7 Å². The quantitative estimate of drug-likeness (QED) is 0.530. The van der Waals surface area contributed by atoms with Crippen molar-refractivity contribution >= 4 is 5.97 Å². The van der Waals surface area contributed by atoms with Gasteiger partial charge in [-0.2, -0.15) is 0 Å². The molecule has 0 aromatic heterocycles. The number of rotatable bonds is 3. The van der Waals surface area contributed by atoms with Crippen molar-refractivity contribution in [1.29, 1.82) is 0 Å². The van der Waals surface area contributed by atoms with Gasteiger partial charge in [-0.25, -0.2) is 0 Å². The summed E-state index contributed by atoms with van der Waals surface area (Å²) in [5, 5.41) is 19.1. The Morgan fingerprint density at radius 1 is 1.60 bits per heavy atom. The van der Waals surface area contributed by atoms with Crippen LogP contribution < -0.4 is 0 Å². The third kappa shape index (κ3) is 2.58. The smallest absolute Gasteiger partial charge is 0.311 e. The zero-order valence-electron chi connectivity index (χ0n) is 9.09. The lowest BCUT2D eigenvalue weighted by Gasteiger charge is -2.36. The van der Waals surface area contributed by atoms with E-state index in [0.29, 0.717) is 6.42 Å². The molecule has 4 nitrogen and oxygen atoms in total. The van der Waals surface area contributed by atoms with Crippen molar-refractivity contribution in [3.8, 4) is 0 Å². The number of cyclic esters (lactones) is 1. The van der Waals surface area contributed by atoms with Gasteiger partial charge in [0.2, 0.25) is 0 Å². The second kappa shape index (κ2) is 4.77. The van der Waals surface area contributed by atoms with Crippen LogP contribution in [-0.4, -0.2) is 34.5 Å². The Bertz CT molecular complexity index is 251. The molecule has 0 aliphatic carbocycles. The topological polar surface area (TPSA) is 66.8 Å². The summed E-state index contributed by atoms with van der Waals surface area (Å²) in [7, 11) is 0. The normalized spacial score (nSPS) is 38.3. The van der Waals surface area contributed by atoms with Crippen LogP contribution in [0.25, 0.3) is 0 Å². The Kier molecular flexibility index (Phi) is 3.88. The van der Waals surface area contributed by atoms with Crippen LogP contribution in [0.2, 0.25) is 0 Å². The maximum absolute atomic E-state index is 11.3. The predicted octanol–water partition coefficient (Wildman–Crippen LogP) is 0.482. The van der Waals surface area contributed by atoms with E-state index < -0.39 is 30.2 Å². The van der Waals surface area contributed by atoms with Gasteiger partial charge >= 0.3 is 5.97 Å². The molecule has 0 bridgehead atoms. The van der Waals surface area contributed by atoms with Crippen LogP contribution in [0.15, 0.2) is 12.7 Å². The number of aliphatic hydroxyl groups is 2. The standard InChI is InChI=1S/C11H18O4/c1-4-8(12)5-9-6(2)10(13)7(3)11(14)15-9/h4,6-10,12-13H,1,5H2,2-3H3/t6-,7+,8+,9-,10-/m0/s1. The first-order chi connectivity index (χ1) is 6.97. The number of carbonyl (C=O) groups is 1. The third-order valence-corrected chi connectivity index (χ3v) is 3.02. The molecule has 0 spiro atoms. The fourth-order valence-corrected chi connectivity index (χ4v) is 1.78. The second-order valence-electron chi connectivity index (χ2n) is 4.15. The summed E-state index contributed by atoms with van der Waals surface area (Å²) in [6, 6.07) is 0. The fraction of sp³-hybridized carbons (Fsp3) is 0.727. The number of hydrogen-bond acceptors (Lipinski definition) is 4. The number of carbonyl (C=O) groups excluding carboxylic acids is 1. The zero-order chi connectivity index (χ0) is 11.6. The highest BCUT2D eigenvalue weighted by atomic mass is 16.5. The molecular weight excluding hydrogens is 196 g/mol. The van der Waals surface area contributed by atoms with Crippen molar-refractivity contribution in [2.24, 2.45) is 11.8 Å². The average molecular weight is 214 g/mol. The number of esters is 1. The lowest BCUT2D eigenvalue weighted by molar-refractivity contribution is -0.179. The molecule has 1 rings (SSSR count). The van der Waals surface area contributed by atoms with Crippen LogP contribution in [0, 0.1) is 11.8 Å². The van der Waals surface area contributed by atoms with E-state index in [9.17, 15) is 15.0 Å². The van der Waals surface area contributed by atoms with Gasteiger partial charge in [-0.05, 0) is 6.92 Å². The van der Waals surface area contributed by atoms with E-state index in [0.717, 1.165) is 0 Å². The van der Waals surface area contributed by atoms with Crippen molar-refractivity contribution in [2.45, 2.75) is 38.6 Å². The minimum absolute atomic E-state index is 0.160. The molecule has 0 radical (unpaired) electrons. The number of hydrogen-bond donors (Lipinski definition) is 2. The van der Waals surface area contributed by atoms with Gasteiger partial charge in [0.25, 0.3) is 0 Å². The Hall–Kier alpha value is -0.870. The van der Waals surface area contributed by atoms with Gasteiger partial charge < -0.3 is 14.9 Å². The maximum atomic E-state index is 11.3. The van der Waals surface area contributed by atoms with Gasteiger partial charge in [0.15, 0.2) is 0 Å². The van der Waals surface area contributed by atoms with Crippen LogP contribution in [0.1, 0.15) is 20.3 Å². The molecule has 0 saturated carbocycles. The molecule has 4 heteroatoms. The molecule has 1 saturated heterocycles. The summed E-state index contributed by atoms with van der Waals surface area (Å²) in [6.45, 7) is 6.91. The monoisotopic (exact) mass is 214 g/mol. The Morgan fingerprint density at radius 2 is 2.20 bits per heavy atom. The first-order valence-corrected chi connectivity index (χ1v) is 5.16. The summed E-state index contributed by atoms with van der Waals surface area (Å²) >= 11 is 0. The Balaban J connectivity index is 2.66. The number of ether oxygens (including phenoxy) is 1. The van der Waals surface area contributed by atoms with E-state index in [1.807, 2.05) is 6.92 Å².